The molecular formula is C17H22O3S. The Kier molecular flexibility index (Phi) is 7.78. The minimum absolute atomic E-state index is 0.0809. The summed E-state index contributed by atoms with van der Waals surface area (Å²) in [5, 5.41) is -0.176. The molecule has 1 rings (SSSR count). The molecule has 0 aliphatic heterocycles. The highest BCUT2D eigenvalue weighted by atomic mass is 32.2. The lowest BCUT2D eigenvalue weighted by Crippen LogP contribution is -2.22. The van der Waals surface area contributed by atoms with Gasteiger partial charge in [0.15, 0.2) is 0 Å². The largest absolute Gasteiger partial charge is 0.481 e. The molecule has 114 valence electrons. The van der Waals surface area contributed by atoms with Crippen molar-refractivity contribution in [2.75, 3.05) is 6.61 Å². The van der Waals surface area contributed by atoms with Crippen molar-refractivity contribution in [1.82, 2.24) is 0 Å². The average Bonchev–Trinajstić information content (AvgIpc) is 2.45. The Hall–Kier alpha value is -1.60. The lowest BCUT2D eigenvalue weighted by molar-refractivity contribution is -0.146. The highest BCUT2D eigenvalue weighted by molar-refractivity contribution is 8.00. The molecule has 0 saturated carbocycles. The van der Waals surface area contributed by atoms with E-state index in [1.807, 2.05) is 45.0 Å². The zero-order valence-corrected chi connectivity index (χ0v) is 13.8. The van der Waals surface area contributed by atoms with Crippen molar-refractivity contribution < 1.29 is 14.3 Å². The van der Waals surface area contributed by atoms with Gasteiger partial charge in [-0.2, -0.15) is 0 Å². The summed E-state index contributed by atoms with van der Waals surface area (Å²) in [5.41, 5.74) is 0. The Morgan fingerprint density at radius 1 is 1.29 bits per heavy atom. The topological polar surface area (TPSA) is 35.5 Å². The minimum Gasteiger partial charge on any atom is -0.481 e. The minimum atomic E-state index is -0.176. The summed E-state index contributed by atoms with van der Waals surface area (Å²) in [6.07, 6.45) is 0.656. The van der Waals surface area contributed by atoms with Crippen molar-refractivity contribution in [2.24, 2.45) is 0 Å². The molecule has 1 aromatic carbocycles. The lowest BCUT2D eigenvalue weighted by Gasteiger charge is -2.16. The van der Waals surface area contributed by atoms with E-state index >= 15 is 0 Å². The van der Waals surface area contributed by atoms with Gasteiger partial charge in [0.05, 0.1) is 6.10 Å². The lowest BCUT2D eigenvalue weighted by atomic mass is 10.3. The van der Waals surface area contributed by atoms with E-state index < -0.39 is 0 Å². The summed E-state index contributed by atoms with van der Waals surface area (Å²) in [5.74, 6) is 6.25. The molecule has 0 aliphatic carbocycles. The van der Waals surface area contributed by atoms with Gasteiger partial charge in [0, 0.05) is 4.90 Å². The van der Waals surface area contributed by atoms with Gasteiger partial charge < -0.3 is 9.47 Å². The number of carbonyl (C=O) groups excluding carboxylic acids is 1. The SMILES string of the molecule is CC#CCOc1ccc(SC(CC)C(=O)OC(C)C)cc1. The van der Waals surface area contributed by atoms with Gasteiger partial charge in [-0.3, -0.25) is 4.79 Å². The van der Waals surface area contributed by atoms with Gasteiger partial charge in [0.25, 0.3) is 0 Å². The van der Waals surface area contributed by atoms with Crippen LogP contribution in [0.3, 0.4) is 0 Å². The molecule has 0 spiro atoms. The smallest absolute Gasteiger partial charge is 0.319 e. The van der Waals surface area contributed by atoms with Crippen LogP contribution >= 0.6 is 11.8 Å². The maximum atomic E-state index is 11.9. The van der Waals surface area contributed by atoms with Crippen LogP contribution in [0.2, 0.25) is 0 Å². The highest BCUT2D eigenvalue weighted by Gasteiger charge is 2.20. The fraction of sp³-hybridized carbons (Fsp3) is 0.471. The third kappa shape index (κ3) is 6.59. The molecule has 0 fully saturated rings. The third-order valence-corrected chi connectivity index (χ3v) is 3.93. The van der Waals surface area contributed by atoms with Crippen molar-refractivity contribution in [3.8, 4) is 17.6 Å². The summed E-state index contributed by atoms with van der Waals surface area (Å²) in [6.45, 7) is 7.88. The zero-order valence-electron chi connectivity index (χ0n) is 13.0. The van der Waals surface area contributed by atoms with Crippen molar-refractivity contribution >= 4 is 17.7 Å². The Balaban J connectivity index is 2.59. The molecule has 0 heterocycles. The van der Waals surface area contributed by atoms with Crippen LogP contribution in [0.5, 0.6) is 5.75 Å². The Bertz CT molecular complexity index is 497. The summed E-state index contributed by atoms with van der Waals surface area (Å²) >= 11 is 1.52. The number of rotatable bonds is 7. The van der Waals surface area contributed by atoms with Gasteiger partial charge in [-0.25, -0.2) is 0 Å². The van der Waals surface area contributed by atoms with Crippen LogP contribution in [-0.4, -0.2) is 23.9 Å². The second kappa shape index (κ2) is 9.36. The van der Waals surface area contributed by atoms with Crippen LogP contribution < -0.4 is 4.74 Å². The first-order chi connectivity index (χ1) is 10.1. The predicted octanol–water partition coefficient (Wildman–Crippen LogP) is 3.91. The first-order valence-corrected chi connectivity index (χ1v) is 7.94. The molecule has 0 bridgehead atoms. The maximum absolute atomic E-state index is 11.9. The highest BCUT2D eigenvalue weighted by Crippen LogP contribution is 2.28. The molecule has 0 radical (unpaired) electrons. The number of benzene rings is 1. The summed E-state index contributed by atoms with van der Waals surface area (Å²) in [4.78, 5) is 13.0. The fourth-order valence-electron chi connectivity index (χ4n) is 1.58. The van der Waals surface area contributed by atoms with E-state index in [-0.39, 0.29) is 17.3 Å². The van der Waals surface area contributed by atoms with Crippen LogP contribution in [-0.2, 0) is 9.53 Å². The summed E-state index contributed by atoms with van der Waals surface area (Å²) < 4.78 is 10.7. The number of ether oxygens (including phenoxy) is 2. The number of thioether (sulfide) groups is 1. The first-order valence-electron chi connectivity index (χ1n) is 7.06. The fourth-order valence-corrected chi connectivity index (χ4v) is 2.52. The maximum Gasteiger partial charge on any atom is 0.319 e. The van der Waals surface area contributed by atoms with E-state index in [1.165, 1.54) is 11.8 Å². The number of esters is 1. The van der Waals surface area contributed by atoms with Crippen LogP contribution in [0.4, 0.5) is 0 Å². The molecule has 0 aliphatic rings. The monoisotopic (exact) mass is 306 g/mol. The molecule has 21 heavy (non-hydrogen) atoms. The zero-order chi connectivity index (χ0) is 15.7. The van der Waals surface area contributed by atoms with E-state index in [1.54, 1.807) is 6.92 Å². The summed E-state index contributed by atoms with van der Waals surface area (Å²) in [6, 6.07) is 7.68. The molecule has 4 heteroatoms. The molecule has 0 aromatic heterocycles. The Morgan fingerprint density at radius 3 is 2.48 bits per heavy atom. The van der Waals surface area contributed by atoms with Crippen molar-refractivity contribution in [2.45, 2.75) is 50.4 Å². The van der Waals surface area contributed by atoms with Crippen LogP contribution in [0.1, 0.15) is 34.1 Å². The molecule has 0 N–H and O–H groups in total. The quantitative estimate of drug-likeness (QED) is 0.435. The molecule has 0 amide bonds. The molecule has 0 saturated heterocycles. The number of hydrogen-bond acceptors (Lipinski definition) is 4. The van der Waals surface area contributed by atoms with Crippen LogP contribution in [0, 0.1) is 11.8 Å². The number of carbonyl (C=O) groups is 1. The van der Waals surface area contributed by atoms with Crippen molar-refractivity contribution in [3.05, 3.63) is 24.3 Å². The van der Waals surface area contributed by atoms with Crippen LogP contribution in [0.15, 0.2) is 29.2 Å². The van der Waals surface area contributed by atoms with Gasteiger partial charge >= 0.3 is 5.97 Å². The van der Waals surface area contributed by atoms with Gasteiger partial charge in [-0.1, -0.05) is 12.8 Å². The number of hydrogen-bond donors (Lipinski definition) is 0. The third-order valence-electron chi connectivity index (χ3n) is 2.58. The van der Waals surface area contributed by atoms with Crippen molar-refractivity contribution in [3.63, 3.8) is 0 Å². The van der Waals surface area contributed by atoms with Gasteiger partial charge in [-0.15, -0.1) is 17.7 Å². The Labute approximate surface area is 131 Å². The van der Waals surface area contributed by atoms with E-state index in [4.69, 9.17) is 9.47 Å². The van der Waals surface area contributed by atoms with E-state index in [0.29, 0.717) is 6.61 Å². The van der Waals surface area contributed by atoms with Gasteiger partial charge in [0.2, 0.25) is 0 Å². The first kappa shape index (κ1) is 17.5. The molecule has 1 atom stereocenters. The second-order valence-corrected chi connectivity index (χ2v) is 5.96. The van der Waals surface area contributed by atoms with E-state index in [2.05, 4.69) is 11.8 Å². The normalized spacial score (nSPS) is 11.5. The molecule has 1 aromatic rings. The van der Waals surface area contributed by atoms with E-state index in [9.17, 15) is 4.79 Å². The second-order valence-electron chi connectivity index (χ2n) is 4.69. The Morgan fingerprint density at radius 2 is 1.95 bits per heavy atom. The molecule has 3 nitrogen and oxygen atoms in total. The van der Waals surface area contributed by atoms with Gasteiger partial charge in [0.1, 0.15) is 17.6 Å². The predicted molar refractivity (Wildman–Crippen MR) is 86.6 cm³/mol. The summed E-state index contributed by atoms with van der Waals surface area (Å²) in [7, 11) is 0. The molecular weight excluding hydrogens is 284 g/mol. The van der Waals surface area contributed by atoms with Gasteiger partial charge in [-0.05, 0) is 51.5 Å². The molecule has 1 unspecified atom stereocenters. The van der Waals surface area contributed by atoms with Crippen LogP contribution in [0.25, 0.3) is 0 Å². The van der Waals surface area contributed by atoms with E-state index in [0.717, 1.165) is 17.1 Å². The van der Waals surface area contributed by atoms with Crippen molar-refractivity contribution in [1.29, 1.82) is 0 Å². The average molecular weight is 306 g/mol. The standard InChI is InChI=1S/C17H22O3S/c1-5-7-12-19-14-8-10-15(11-9-14)21-16(6-2)17(18)20-13(3)4/h8-11,13,16H,6,12H2,1-4H3.